The molecule has 0 radical (unpaired) electrons. The summed E-state index contributed by atoms with van der Waals surface area (Å²) < 4.78 is 0. The van der Waals surface area contributed by atoms with Crippen LogP contribution in [0.4, 0.5) is 10.5 Å². The smallest absolute Gasteiger partial charge is 0.324 e. The van der Waals surface area contributed by atoms with Gasteiger partial charge in [-0.05, 0) is 50.3 Å². The molecule has 1 aromatic carbocycles. The summed E-state index contributed by atoms with van der Waals surface area (Å²) >= 11 is 6.03. The standard InChI is InChI=1S/C18H24ClN3O3/c1-11(2)7-8-18(4)16(24)22(17(25)21-18)10-15(23)20-13-6-5-12(3)14(19)9-13/h5-6,9,11H,7-8,10H2,1-4H3,(H,20,23)(H,21,25)/t18-/m1/s1. The second kappa shape index (κ2) is 7.44. The number of hydrogen-bond donors (Lipinski definition) is 2. The quantitative estimate of drug-likeness (QED) is 0.759. The molecule has 2 N–H and O–H groups in total. The second-order valence-electron chi connectivity index (χ2n) is 7.10. The van der Waals surface area contributed by atoms with E-state index in [9.17, 15) is 14.4 Å². The van der Waals surface area contributed by atoms with E-state index in [1.54, 1.807) is 25.1 Å². The summed E-state index contributed by atoms with van der Waals surface area (Å²) in [5, 5.41) is 5.90. The van der Waals surface area contributed by atoms with Crippen LogP contribution in [0.5, 0.6) is 0 Å². The van der Waals surface area contributed by atoms with Gasteiger partial charge in [0.15, 0.2) is 0 Å². The first-order chi connectivity index (χ1) is 11.6. The van der Waals surface area contributed by atoms with Gasteiger partial charge < -0.3 is 10.6 Å². The van der Waals surface area contributed by atoms with E-state index in [0.29, 0.717) is 23.0 Å². The van der Waals surface area contributed by atoms with E-state index in [-0.39, 0.29) is 12.5 Å². The topological polar surface area (TPSA) is 78.5 Å². The molecule has 0 unspecified atom stereocenters. The molecule has 1 saturated heterocycles. The van der Waals surface area contributed by atoms with Gasteiger partial charge in [-0.1, -0.05) is 31.5 Å². The van der Waals surface area contributed by atoms with E-state index in [4.69, 9.17) is 11.6 Å². The number of carbonyl (C=O) groups is 3. The first-order valence-electron chi connectivity index (χ1n) is 8.32. The van der Waals surface area contributed by atoms with Crippen LogP contribution in [0.3, 0.4) is 0 Å². The molecule has 1 fully saturated rings. The number of anilines is 1. The number of urea groups is 1. The van der Waals surface area contributed by atoms with Crippen LogP contribution in [0.2, 0.25) is 5.02 Å². The van der Waals surface area contributed by atoms with Crippen LogP contribution >= 0.6 is 11.6 Å². The lowest BCUT2D eigenvalue weighted by Gasteiger charge is -2.22. The molecule has 0 aromatic heterocycles. The minimum Gasteiger partial charge on any atom is -0.324 e. The van der Waals surface area contributed by atoms with Crippen molar-refractivity contribution >= 4 is 35.1 Å². The molecule has 1 heterocycles. The van der Waals surface area contributed by atoms with Gasteiger partial charge in [-0.25, -0.2) is 4.79 Å². The molecular weight excluding hydrogens is 342 g/mol. The summed E-state index contributed by atoms with van der Waals surface area (Å²) in [5.41, 5.74) is 0.472. The highest BCUT2D eigenvalue weighted by Crippen LogP contribution is 2.25. The molecule has 1 aliphatic heterocycles. The summed E-state index contributed by atoms with van der Waals surface area (Å²) in [5.74, 6) is -0.392. The fourth-order valence-electron chi connectivity index (χ4n) is 2.65. The molecule has 2 rings (SSSR count). The normalized spacial score (nSPS) is 20.2. The summed E-state index contributed by atoms with van der Waals surface area (Å²) in [6.45, 7) is 7.35. The van der Waals surface area contributed by atoms with E-state index in [1.807, 2.05) is 6.92 Å². The molecular formula is C18H24ClN3O3. The van der Waals surface area contributed by atoms with Gasteiger partial charge in [0, 0.05) is 10.7 Å². The number of benzene rings is 1. The van der Waals surface area contributed by atoms with Crippen molar-refractivity contribution in [1.82, 2.24) is 10.2 Å². The zero-order chi connectivity index (χ0) is 18.8. The number of nitrogens with one attached hydrogen (secondary N) is 2. The van der Waals surface area contributed by atoms with E-state index >= 15 is 0 Å². The minimum absolute atomic E-state index is 0.326. The van der Waals surface area contributed by atoms with Crippen molar-refractivity contribution in [3.8, 4) is 0 Å². The van der Waals surface area contributed by atoms with E-state index in [1.165, 1.54) is 0 Å². The van der Waals surface area contributed by atoms with Gasteiger partial charge in [-0.3, -0.25) is 14.5 Å². The highest BCUT2D eigenvalue weighted by atomic mass is 35.5. The molecule has 0 aliphatic carbocycles. The van der Waals surface area contributed by atoms with Crippen LogP contribution in [-0.2, 0) is 9.59 Å². The summed E-state index contributed by atoms with van der Waals surface area (Å²) in [6.07, 6.45) is 1.35. The molecule has 0 saturated carbocycles. The molecule has 0 spiro atoms. The number of carbonyl (C=O) groups excluding carboxylic acids is 3. The van der Waals surface area contributed by atoms with Crippen LogP contribution in [0.25, 0.3) is 0 Å². The fourth-order valence-corrected chi connectivity index (χ4v) is 2.83. The maximum Gasteiger partial charge on any atom is 0.325 e. The molecule has 1 aliphatic rings. The zero-order valence-electron chi connectivity index (χ0n) is 15.0. The Balaban J connectivity index is 2.01. The Morgan fingerprint density at radius 1 is 1.36 bits per heavy atom. The van der Waals surface area contributed by atoms with Crippen LogP contribution in [-0.4, -0.2) is 34.8 Å². The van der Waals surface area contributed by atoms with E-state index in [0.717, 1.165) is 16.9 Å². The molecule has 1 atom stereocenters. The molecule has 4 amide bonds. The molecule has 1 aromatic rings. The molecule has 25 heavy (non-hydrogen) atoms. The number of aryl methyl sites for hydroxylation is 1. The van der Waals surface area contributed by atoms with E-state index < -0.39 is 17.5 Å². The predicted octanol–water partition coefficient (Wildman–Crippen LogP) is 3.33. The number of imide groups is 1. The lowest BCUT2D eigenvalue weighted by atomic mass is 9.92. The highest BCUT2D eigenvalue weighted by Gasteiger charge is 2.47. The Kier molecular flexibility index (Phi) is 5.72. The zero-order valence-corrected chi connectivity index (χ0v) is 15.7. The van der Waals surface area contributed by atoms with Crippen molar-refractivity contribution in [2.24, 2.45) is 5.92 Å². The molecule has 136 valence electrons. The minimum atomic E-state index is -0.950. The first-order valence-corrected chi connectivity index (χ1v) is 8.70. The number of halogens is 1. The first kappa shape index (κ1) is 19.2. The van der Waals surface area contributed by atoms with Gasteiger partial charge in [0.2, 0.25) is 5.91 Å². The van der Waals surface area contributed by atoms with Gasteiger partial charge in [-0.15, -0.1) is 0 Å². The van der Waals surface area contributed by atoms with Crippen molar-refractivity contribution in [2.75, 3.05) is 11.9 Å². The van der Waals surface area contributed by atoms with Crippen LogP contribution < -0.4 is 10.6 Å². The van der Waals surface area contributed by atoms with E-state index in [2.05, 4.69) is 24.5 Å². The number of nitrogens with zero attached hydrogens (tertiary/aromatic N) is 1. The lowest BCUT2D eigenvalue weighted by Crippen LogP contribution is -2.44. The second-order valence-corrected chi connectivity index (χ2v) is 7.51. The Bertz CT molecular complexity index is 705. The maximum atomic E-state index is 12.6. The monoisotopic (exact) mass is 365 g/mol. The largest absolute Gasteiger partial charge is 0.325 e. The van der Waals surface area contributed by atoms with Gasteiger partial charge in [0.05, 0.1) is 0 Å². The van der Waals surface area contributed by atoms with Gasteiger partial charge in [-0.2, -0.15) is 0 Å². The fraction of sp³-hybridized carbons (Fsp3) is 0.500. The summed E-state index contributed by atoms with van der Waals surface area (Å²) in [4.78, 5) is 37.9. The number of hydrogen-bond acceptors (Lipinski definition) is 3. The third kappa shape index (κ3) is 4.51. The van der Waals surface area contributed by atoms with Crippen LogP contribution in [0.15, 0.2) is 18.2 Å². The third-order valence-electron chi connectivity index (χ3n) is 4.32. The van der Waals surface area contributed by atoms with Crippen LogP contribution in [0.1, 0.15) is 39.2 Å². The average Bonchev–Trinajstić information content (AvgIpc) is 2.73. The number of amides is 4. The molecule has 6 nitrogen and oxygen atoms in total. The Morgan fingerprint density at radius 2 is 2.04 bits per heavy atom. The molecule has 7 heteroatoms. The average molecular weight is 366 g/mol. The van der Waals surface area contributed by atoms with Crippen molar-refractivity contribution in [3.63, 3.8) is 0 Å². The van der Waals surface area contributed by atoms with Gasteiger partial charge >= 0.3 is 6.03 Å². The van der Waals surface area contributed by atoms with Gasteiger partial charge in [0.1, 0.15) is 12.1 Å². The summed E-state index contributed by atoms with van der Waals surface area (Å²) in [6, 6.07) is 4.60. The summed E-state index contributed by atoms with van der Waals surface area (Å²) in [7, 11) is 0. The Morgan fingerprint density at radius 3 is 2.64 bits per heavy atom. The van der Waals surface area contributed by atoms with Crippen molar-refractivity contribution < 1.29 is 14.4 Å². The Labute approximate surface area is 152 Å². The Hall–Kier alpha value is -2.08. The number of rotatable bonds is 6. The SMILES string of the molecule is Cc1ccc(NC(=O)CN2C(=O)N[C@](C)(CCC(C)C)C2=O)cc1Cl. The van der Waals surface area contributed by atoms with Crippen molar-refractivity contribution in [2.45, 2.75) is 46.1 Å². The van der Waals surface area contributed by atoms with Crippen LogP contribution in [0, 0.1) is 12.8 Å². The highest BCUT2D eigenvalue weighted by molar-refractivity contribution is 6.31. The lowest BCUT2D eigenvalue weighted by molar-refractivity contribution is -0.133. The maximum absolute atomic E-state index is 12.6. The van der Waals surface area contributed by atoms with Gasteiger partial charge in [0.25, 0.3) is 5.91 Å². The van der Waals surface area contributed by atoms with Crippen molar-refractivity contribution in [1.29, 1.82) is 0 Å². The molecule has 0 bridgehead atoms. The van der Waals surface area contributed by atoms with Crippen molar-refractivity contribution in [3.05, 3.63) is 28.8 Å². The predicted molar refractivity (Wildman–Crippen MR) is 97.5 cm³/mol. The third-order valence-corrected chi connectivity index (χ3v) is 4.73.